The van der Waals surface area contributed by atoms with Gasteiger partial charge in [0.1, 0.15) is 12.3 Å². The minimum atomic E-state index is -0.550. The van der Waals surface area contributed by atoms with Crippen molar-refractivity contribution in [2.45, 2.75) is 25.5 Å². The van der Waals surface area contributed by atoms with Crippen molar-refractivity contribution in [1.29, 1.82) is 0 Å². The molecule has 0 amide bonds. The molecule has 0 saturated heterocycles. The van der Waals surface area contributed by atoms with E-state index in [4.69, 9.17) is 9.47 Å². The highest BCUT2D eigenvalue weighted by molar-refractivity contribution is 5.90. The lowest BCUT2D eigenvalue weighted by Gasteiger charge is -2.02. The topological polar surface area (TPSA) is 84.1 Å². The third kappa shape index (κ3) is 3.23. The van der Waals surface area contributed by atoms with Gasteiger partial charge in [0.25, 0.3) is 0 Å². The van der Waals surface area contributed by atoms with Gasteiger partial charge in [0.15, 0.2) is 5.75 Å². The Morgan fingerprint density at radius 3 is 2.76 bits per heavy atom. The van der Waals surface area contributed by atoms with Crippen LogP contribution in [0, 0.1) is 0 Å². The van der Waals surface area contributed by atoms with E-state index < -0.39 is 5.97 Å². The van der Waals surface area contributed by atoms with Crippen molar-refractivity contribution in [3.63, 3.8) is 0 Å². The maximum absolute atomic E-state index is 12.0. The fourth-order valence-electron chi connectivity index (χ4n) is 2.46. The number of carbonyl (C=O) groups is 1. The van der Waals surface area contributed by atoms with Crippen LogP contribution in [0.15, 0.2) is 42.7 Å². The summed E-state index contributed by atoms with van der Waals surface area (Å²) in [7, 11) is 1.31. The van der Waals surface area contributed by atoms with Crippen LogP contribution >= 0.6 is 0 Å². The van der Waals surface area contributed by atoms with E-state index in [1.807, 2.05) is 41.2 Å². The van der Waals surface area contributed by atoms with Gasteiger partial charge in [-0.1, -0.05) is 23.4 Å². The Balaban J connectivity index is 1.56. The third-order valence-electron chi connectivity index (χ3n) is 3.93. The van der Waals surface area contributed by atoms with Gasteiger partial charge >= 0.3 is 5.97 Å². The van der Waals surface area contributed by atoms with Gasteiger partial charge in [-0.05, 0) is 25.0 Å². The van der Waals surface area contributed by atoms with Crippen molar-refractivity contribution in [2.75, 3.05) is 7.11 Å². The zero-order valence-electron chi connectivity index (χ0n) is 13.7. The Morgan fingerprint density at radius 1 is 1.24 bits per heavy atom. The van der Waals surface area contributed by atoms with Gasteiger partial charge in [-0.2, -0.15) is 5.10 Å². The van der Waals surface area contributed by atoms with Crippen molar-refractivity contribution in [2.24, 2.45) is 0 Å². The second kappa shape index (κ2) is 6.39. The molecule has 1 aliphatic rings. The zero-order chi connectivity index (χ0) is 17.2. The van der Waals surface area contributed by atoms with Crippen LogP contribution in [0.5, 0.6) is 5.75 Å². The van der Waals surface area contributed by atoms with Gasteiger partial charge < -0.3 is 9.47 Å². The van der Waals surface area contributed by atoms with Gasteiger partial charge in [-0.3, -0.25) is 0 Å². The summed E-state index contributed by atoms with van der Waals surface area (Å²) in [6, 6.07) is 9.94. The molecule has 0 unspecified atom stereocenters. The van der Waals surface area contributed by atoms with Crippen LogP contribution in [0.4, 0.5) is 0 Å². The molecule has 128 valence electrons. The fraction of sp³-hybridized carbons (Fsp3) is 0.294. The number of rotatable bonds is 6. The maximum atomic E-state index is 12.0. The molecular formula is C17H17N5O3. The third-order valence-corrected chi connectivity index (χ3v) is 3.93. The van der Waals surface area contributed by atoms with Crippen LogP contribution in [0.25, 0.3) is 5.69 Å². The predicted octanol–water partition coefficient (Wildman–Crippen LogP) is 2.16. The summed E-state index contributed by atoms with van der Waals surface area (Å²) in [4.78, 5) is 12.0. The van der Waals surface area contributed by atoms with E-state index in [0.29, 0.717) is 17.5 Å². The van der Waals surface area contributed by atoms with E-state index in [9.17, 15) is 4.79 Å². The summed E-state index contributed by atoms with van der Waals surface area (Å²) in [6.07, 6.45) is 5.81. The fourth-order valence-corrected chi connectivity index (χ4v) is 2.46. The van der Waals surface area contributed by atoms with Crippen molar-refractivity contribution < 1.29 is 14.3 Å². The summed E-state index contributed by atoms with van der Waals surface area (Å²) in [6.45, 7) is 0.206. The molecule has 8 heteroatoms. The Bertz CT molecular complexity index is 883. The predicted molar refractivity (Wildman–Crippen MR) is 87.5 cm³/mol. The van der Waals surface area contributed by atoms with Crippen molar-refractivity contribution in [1.82, 2.24) is 24.8 Å². The Morgan fingerprint density at radius 2 is 2.04 bits per heavy atom. The first-order chi connectivity index (χ1) is 12.2. The number of methoxy groups -OCH3 is 1. The first-order valence-electron chi connectivity index (χ1n) is 8.01. The van der Waals surface area contributed by atoms with E-state index in [1.54, 1.807) is 10.9 Å². The Hall–Kier alpha value is -3.16. The van der Waals surface area contributed by atoms with E-state index >= 15 is 0 Å². The molecule has 3 aromatic rings. The summed E-state index contributed by atoms with van der Waals surface area (Å²) >= 11 is 0. The van der Waals surface area contributed by atoms with Crippen LogP contribution in [-0.2, 0) is 11.3 Å². The second-order valence-corrected chi connectivity index (χ2v) is 5.82. The van der Waals surface area contributed by atoms with Gasteiger partial charge in [0.2, 0.25) is 5.69 Å². The summed E-state index contributed by atoms with van der Waals surface area (Å²) in [5, 5.41) is 12.5. The first-order valence-corrected chi connectivity index (χ1v) is 8.01. The molecule has 0 bridgehead atoms. The maximum Gasteiger partial charge on any atom is 0.362 e. The molecule has 2 aromatic heterocycles. The molecule has 4 rings (SSSR count). The Labute approximate surface area is 144 Å². The lowest BCUT2D eigenvalue weighted by molar-refractivity contribution is 0.0588. The lowest BCUT2D eigenvalue weighted by atomic mass is 10.3. The summed E-state index contributed by atoms with van der Waals surface area (Å²) in [5.74, 6) is -0.206. The van der Waals surface area contributed by atoms with Gasteiger partial charge in [-0.15, -0.1) is 5.10 Å². The average molecular weight is 339 g/mol. The van der Waals surface area contributed by atoms with Crippen LogP contribution in [0.3, 0.4) is 0 Å². The van der Waals surface area contributed by atoms with E-state index in [2.05, 4.69) is 15.4 Å². The average Bonchev–Trinajstić information content (AvgIpc) is 3.24. The number of nitrogens with zero attached hydrogens (tertiary/aromatic N) is 5. The number of hydrogen-bond acceptors (Lipinski definition) is 6. The van der Waals surface area contributed by atoms with Crippen LogP contribution in [0.1, 0.15) is 35.1 Å². The largest absolute Gasteiger partial charge is 0.483 e. The molecule has 8 nitrogen and oxygen atoms in total. The number of para-hydroxylation sites is 1. The van der Waals surface area contributed by atoms with Crippen molar-refractivity contribution >= 4 is 5.97 Å². The SMILES string of the molecule is COC(=O)c1nn(-c2ccccc2)cc1OCc1cn(C2CC2)nn1. The molecule has 0 radical (unpaired) electrons. The molecule has 0 aliphatic heterocycles. The molecule has 1 fully saturated rings. The number of hydrogen-bond donors (Lipinski definition) is 0. The summed E-state index contributed by atoms with van der Waals surface area (Å²) in [5.41, 5.74) is 1.65. The molecule has 0 atom stereocenters. The minimum absolute atomic E-state index is 0.126. The highest BCUT2D eigenvalue weighted by Crippen LogP contribution is 2.33. The van der Waals surface area contributed by atoms with E-state index in [0.717, 1.165) is 18.5 Å². The molecule has 1 saturated carbocycles. The molecule has 1 aliphatic carbocycles. The minimum Gasteiger partial charge on any atom is -0.483 e. The van der Waals surface area contributed by atoms with Crippen molar-refractivity contribution in [3.8, 4) is 11.4 Å². The standard InChI is InChI=1S/C17H17N5O3/c1-24-17(23)16-15(10-21(19-16)13-5-3-2-4-6-13)25-11-12-9-22(20-18-12)14-7-8-14/h2-6,9-10,14H,7-8,11H2,1H3. The molecule has 25 heavy (non-hydrogen) atoms. The van der Waals surface area contributed by atoms with Gasteiger partial charge in [-0.25, -0.2) is 14.2 Å². The number of aromatic nitrogens is 5. The molecular weight excluding hydrogens is 322 g/mol. The number of carbonyl (C=O) groups excluding carboxylic acids is 1. The van der Waals surface area contributed by atoms with E-state index in [-0.39, 0.29) is 12.3 Å². The number of esters is 1. The molecule has 0 N–H and O–H groups in total. The van der Waals surface area contributed by atoms with Crippen LogP contribution in [0.2, 0.25) is 0 Å². The van der Waals surface area contributed by atoms with Crippen LogP contribution in [-0.4, -0.2) is 37.9 Å². The smallest absolute Gasteiger partial charge is 0.362 e. The quantitative estimate of drug-likeness (QED) is 0.640. The van der Waals surface area contributed by atoms with E-state index in [1.165, 1.54) is 7.11 Å². The number of benzene rings is 1. The lowest BCUT2D eigenvalue weighted by Crippen LogP contribution is -2.06. The second-order valence-electron chi connectivity index (χ2n) is 5.82. The van der Waals surface area contributed by atoms with Gasteiger partial charge in [0.05, 0.1) is 31.2 Å². The van der Waals surface area contributed by atoms with Crippen LogP contribution < -0.4 is 4.74 Å². The normalized spacial score (nSPS) is 13.6. The first kappa shape index (κ1) is 15.4. The molecule has 2 heterocycles. The highest BCUT2D eigenvalue weighted by atomic mass is 16.5. The zero-order valence-corrected chi connectivity index (χ0v) is 13.7. The Kier molecular flexibility index (Phi) is 3.93. The van der Waals surface area contributed by atoms with Crippen molar-refractivity contribution in [3.05, 3.63) is 54.1 Å². The highest BCUT2D eigenvalue weighted by Gasteiger charge is 2.25. The molecule has 1 aromatic carbocycles. The summed E-state index contributed by atoms with van der Waals surface area (Å²) < 4.78 is 14.0. The monoisotopic (exact) mass is 339 g/mol. The number of ether oxygens (including phenoxy) is 2. The molecule has 0 spiro atoms. The van der Waals surface area contributed by atoms with Gasteiger partial charge in [0, 0.05) is 0 Å².